The zero-order chi connectivity index (χ0) is 9.56. The van der Waals surface area contributed by atoms with E-state index in [1.807, 2.05) is 0 Å². The van der Waals surface area contributed by atoms with Gasteiger partial charge in [0, 0.05) is 6.42 Å². The fraction of sp³-hybridized carbons (Fsp3) is 0.429. The van der Waals surface area contributed by atoms with E-state index in [0.717, 1.165) is 0 Å². The van der Waals surface area contributed by atoms with Crippen LogP contribution in [0.4, 0.5) is 0 Å². The third-order valence-electron chi connectivity index (χ3n) is 1.10. The van der Waals surface area contributed by atoms with Crippen LogP contribution in [-0.2, 0) is 9.59 Å². The Morgan fingerprint density at radius 2 is 1.83 bits per heavy atom. The molecule has 3 N–H and O–H groups in total. The van der Waals surface area contributed by atoms with Crippen LogP contribution >= 0.6 is 0 Å². The molecule has 0 bridgehead atoms. The second-order valence-corrected chi connectivity index (χ2v) is 2.16. The minimum Gasteiger partial charge on any atom is -0.481 e. The van der Waals surface area contributed by atoms with Gasteiger partial charge in [-0.05, 0) is 0 Å². The van der Waals surface area contributed by atoms with Crippen LogP contribution in [0.25, 0.3) is 0 Å². The van der Waals surface area contributed by atoms with Crippen LogP contribution in [0.1, 0.15) is 12.8 Å². The fourth-order valence-corrected chi connectivity index (χ4v) is 0.510. The van der Waals surface area contributed by atoms with Crippen molar-refractivity contribution in [3.05, 3.63) is 12.2 Å². The summed E-state index contributed by atoms with van der Waals surface area (Å²) < 4.78 is 0. The van der Waals surface area contributed by atoms with Gasteiger partial charge in [0.25, 0.3) is 0 Å². The molecule has 0 aliphatic carbocycles. The smallest absolute Gasteiger partial charge is 0.332 e. The van der Waals surface area contributed by atoms with E-state index in [4.69, 9.17) is 15.3 Å². The third kappa shape index (κ3) is 5.43. The van der Waals surface area contributed by atoms with E-state index < -0.39 is 18.0 Å². The average Bonchev–Trinajstić information content (AvgIpc) is 1.97. The molecule has 0 rings (SSSR count). The molecule has 0 aromatic rings. The number of aliphatic hydroxyl groups is 1. The maximum absolute atomic E-state index is 10.0. The minimum absolute atomic E-state index is 0.0669. The summed E-state index contributed by atoms with van der Waals surface area (Å²) in [4.78, 5) is 20.0. The van der Waals surface area contributed by atoms with Crippen molar-refractivity contribution in [2.45, 2.75) is 18.9 Å². The Hall–Kier alpha value is -1.36. The molecule has 0 aliphatic rings. The summed E-state index contributed by atoms with van der Waals surface area (Å²) in [6.45, 7) is 0. The van der Waals surface area contributed by atoms with E-state index in [9.17, 15) is 9.59 Å². The van der Waals surface area contributed by atoms with Gasteiger partial charge in [-0.25, -0.2) is 4.79 Å². The summed E-state index contributed by atoms with van der Waals surface area (Å²) >= 11 is 0. The van der Waals surface area contributed by atoms with E-state index in [2.05, 4.69) is 0 Å². The standard InChI is InChI=1S/C7H10O5/c8-5(7(11)12)3-1-2-4-6(9)10/h1-2,5,8H,3-4H2,(H,9,10)(H,11,12). The maximum Gasteiger partial charge on any atom is 0.332 e. The van der Waals surface area contributed by atoms with Gasteiger partial charge in [0.05, 0.1) is 6.42 Å². The molecule has 0 aromatic carbocycles. The third-order valence-corrected chi connectivity index (χ3v) is 1.10. The molecule has 1 atom stereocenters. The molecule has 12 heavy (non-hydrogen) atoms. The van der Waals surface area contributed by atoms with E-state index >= 15 is 0 Å². The van der Waals surface area contributed by atoms with Crippen LogP contribution in [0.5, 0.6) is 0 Å². The van der Waals surface area contributed by atoms with Crippen LogP contribution in [0, 0.1) is 0 Å². The van der Waals surface area contributed by atoms with E-state index in [-0.39, 0.29) is 12.8 Å². The highest BCUT2D eigenvalue weighted by Gasteiger charge is 2.09. The Kier molecular flexibility index (Phi) is 4.71. The van der Waals surface area contributed by atoms with Gasteiger partial charge in [-0.15, -0.1) is 0 Å². The Labute approximate surface area is 68.9 Å². The van der Waals surface area contributed by atoms with Crippen LogP contribution < -0.4 is 0 Å². The zero-order valence-corrected chi connectivity index (χ0v) is 6.30. The quantitative estimate of drug-likeness (QED) is 0.504. The van der Waals surface area contributed by atoms with Crippen molar-refractivity contribution in [1.29, 1.82) is 0 Å². The van der Waals surface area contributed by atoms with Gasteiger partial charge in [0.15, 0.2) is 6.10 Å². The number of hydrogen-bond acceptors (Lipinski definition) is 3. The van der Waals surface area contributed by atoms with E-state index in [1.54, 1.807) is 0 Å². The molecule has 0 spiro atoms. The predicted molar refractivity (Wildman–Crippen MR) is 39.7 cm³/mol. The normalized spacial score (nSPS) is 13.1. The fourth-order valence-electron chi connectivity index (χ4n) is 0.510. The molecule has 5 nitrogen and oxygen atoms in total. The van der Waals surface area contributed by atoms with Gasteiger partial charge < -0.3 is 15.3 Å². The van der Waals surface area contributed by atoms with E-state index in [0.29, 0.717) is 0 Å². The van der Waals surface area contributed by atoms with Crippen molar-refractivity contribution >= 4 is 11.9 Å². The number of rotatable bonds is 5. The van der Waals surface area contributed by atoms with Gasteiger partial charge in [-0.2, -0.15) is 0 Å². The Morgan fingerprint density at radius 3 is 2.25 bits per heavy atom. The molecule has 0 aliphatic heterocycles. The summed E-state index contributed by atoms with van der Waals surface area (Å²) in [5.74, 6) is -2.30. The molecule has 0 aromatic heterocycles. The van der Waals surface area contributed by atoms with Gasteiger partial charge in [0.1, 0.15) is 0 Å². The summed E-state index contributed by atoms with van der Waals surface area (Å²) in [5.41, 5.74) is 0. The first-order valence-corrected chi connectivity index (χ1v) is 3.31. The number of carboxylic acids is 2. The molecule has 1 unspecified atom stereocenters. The van der Waals surface area contributed by atoms with Crippen molar-refractivity contribution in [2.24, 2.45) is 0 Å². The summed E-state index contributed by atoms with van der Waals surface area (Å²) in [7, 11) is 0. The molecular weight excluding hydrogens is 164 g/mol. The Balaban J connectivity index is 3.60. The summed E-state index contributed by atoms with van der Waals surface area (Å²) in [5, 5.41) is 25.0. The molecule has 0 amide bonds. The molecule has 5 heteroatoms. The molecule has 0 fully saturated rings. The topological polar surface area (TPSA) is 94.8 Å². The second-order valence-electron chi connectivity index (χ2n) is 2.16. The second kappa shape index (κ2) is 5.31. The first-order valence-electron chi connectivity index (χ1n) is 3.31. The highest BCUT2D eigenvalue weighted by atomic mass is 16.4. The summed E-state index contributed by atoms with van der Waals surface area (Å²) in [6.07, 6.45) is 0.950. The Bertz CT molecular complexity index is 196. The van der Waals surface area contributed by atoms with E-state index in [1.165, 1.54) is 12.2 Å². The number of carbonyl (C=O) groups is 2. The molecule has 0 saturated carbocycles. The van der Waals surface area contributed by atoms with Crippen molar-refractivity contribution in [3.8, 4) is 0 Å². The zero-order valence-electron chi connectivity index (χ0n) is 6.30. The number of aliphatic carboxylic acids is 2. The number of carboxylic acid groups (broad SMARTS) is 2. The van der Waals surface area contributed by atoms with Crippen molar-refractivity contribution < 1.29 is 24.9 Å². The molecule has 0 heterocycles. The number of hydrogen-bond donors (Lipinski definition) is 3. The lowest BCUT2D eigenvalue weighted by Crippen LogP contribution is -2.17. The molecular formula is C7H10O5. The molecule has 68 valence electrons. The van der Waals surface area contributed by atoms with Crippen LogP contribution in [-0.4, -0.2) is 33.4 Å². The minimum atomic E-state index is -1.45. The van der Waals surface area contributed by atoms with Gasteiger partial charge >= 0.3 is 11.9 Å². The van der Waals surface area contributed by atoms with Crippen molar-refractivity contribution in [2.75, 3.05) is 0 Å². The Morgan fingerprint density at radius 1 is 1.25 bits per heavy atom. The van der Waals surface area contributed by atoms with Gasteiger partial charge in [0.2, 0.25) is 0 Å². The maximum atomic E-state index is 10.0. The SMILES string of the molecule is O=C(O)CC=CCC(O)C(=O)O. The highest BCUT2D eigenvalue weighted by molar-refractivity contribution is 5.72. The lowest BCUT2D eigenvalue weighted by atomic mass is 10.2. The molecule has 0 saturated heterocycles. The monoisotopic (exact) mass is 174 g/mol. The highest BCUT2D eigenvalue weighted by Crippen LogP contribution is 1.94. The first-order chi connectivity index (χ1) is 5.54. The van der Waals surface area contributed by atoms with Gasteiger partial charge in [-0.1, -0.05) is 12.2 Å². The van der Waals surface area contributed by atoms with Crippen LogP contribution in [0.3, 0.4) is 0 Å². The lowest BCUT2D eigenvalue weighted by Gasteiger charge is -1.98. The molecule has 0 radical (unpaired) electrons. The largest absolute Gasteiger partial charge is 0.481 e. The lowest BCUT2D eigenvalue weighted by molar-refractivity contribution is -0.146. The van der Waals surface area contributed by atoms with Crippen molar-refractivity contribution in [1.82, 2.24) is 0 Å². The predicted octanol–water partition coefficient (Wildman–Crippen LogP) is -0.147. The van der Waals surface area contributed by atoms with Crippen LogP contribution in [0.15, 0.2) is 12.2 Å². The van der Waals surface area contributed by atoms with Crippen molar-refractivity contribution in [3.63, 3.8) is 0 Å². The summed E-state index contributed by atoms with van der Waals surface area (Å²) in [6, 6.07) is 0. The first kappa shape index (κ1) is 10.6. The number of aliphatic hydroxyl groups excluding tert-OH is 1. The van der Waals surface area contributed by atoms with Gasteiger partial charge in [-0.3, -0.25) is 4.79 Å². The van der Waals surface area contributed by atoms with Crippen LogP contribution in [0.2, 0.25) is 0 Å². The average molecular weight is 174 g/mol.